The molecule has 8 nitrogen and oxygen atoms in total. The minimum atomic E-state index is -1.35. The van der Waals surface area contributed by atoms with Crippen molar-refractivity contribution in [3.63, 3.8) is 0 Å². The van der Waals surface area contributed by atoms with Crippen molar-refractivity contribution in [3.8, 4) is 0 Å². The van der Waals surface area contributed by atoms with Crippen molar-refractivity contribution in [2.45, 2.75) is 91.8 Å². The van der Waals surface area contributed by atoms with Gasteiger partial charge < -0.3 is 14.4 Å². The zero-order valence-corrected chi connectivity index (χ0v) is 21.6. The van der Waals surface area contributed by atoms with E-state index in [1.165, 1.54) is 0 Å². The van der Waals surface area contributed by atoms with Crippen LogP contribution in [-0.4, -0.2) is 61.4 Å². The Balaban J connectivity index is 2.08. The molecule has 3 atom stereocenters. The van der Waals surface area contributed by atoms with Crippen molar-refractivity contribution in [1.82, 2.24) is 10.2 Å². The number of ether oxygens (including phenoxy) is 1. The molecule has 0 saturated carbocycles. The maximum atomic E-state index is 12.0. The number of aliphatic hydroxyl groups excluding tert-OH is 1. The molecule has 188 valence electrons. The monoisotopic (exact) mass is 476 g/mol. The quantitative estimate of drug-likeness (QED) is 0.171. The van der Waals surface area contributed by atoms with Crippen molar-refractivity contribution in [2.24, 2.45) is 11.3 Å². The third-order valence-electron chi connectivity index (χ3n) is 6.33. The summed E-state index contributed by atoms with van der Waals surface area (Å²) in [5.74, 6) is 0.0128. The highest BCUT2D eigenvalue weighted by Crippen LogP contribution is 2.35. The van der Waals surface area contributed by atoms with Crippen molar-refractivity contribution >= 4 is 20.1 Å². The molecule has 1 fully saturated rings. The van der Waals surface area contributed by atoms with Gasteiger partial charge in [-0.3, -0.25) is 14.1 Å². The molecule has 1 aliphatic rings. The van der Waals surface area contributed by atoms with Crippen LogP contribution in [0.15, 0.2) is 0 Å². The van der Waals surface area contributed by atoms with Crippen molar-refractivity contribution < 1.29 is 28.5 Å². The second-order valence-electron chi connectivity index (χ2n) is 9.19. The Hall–Kier alpha value is -0.470. The standard InChI is InChI=1S/C23H45N2O6P/c1-19(26)21(23(3,4)20(2)27)13-11-9-7-6-8-10-12-14-22(28)31-32(29-5)24-25-15-17-30-18-16-25/h21-22,24,28H,6-18H2,1-5H3. The van der Waals surface area contributed by atoms with E-state index >= 15 is 0 Å². The number of nitrogens with zero attached hydrogens (tertiary/aromatic N) is 1. The fraction of sp³-hybridized carbons (Fsp3) is 0.913. The van der Waals surface area contributed by atoms with E-state index in [9.17, 15) is 14.7 Å². The molecule has 0 amide bonds. The minimum absolute atomic E-state index is 0.0822. The normalized spacial score (nSPS) is 18.3. The van der Waals surface area contributed by atoms with Gasteiger partial charge in [0.05, 0.1) is 13.2 Å². The maximum Gasteiger partial charge on any atom is 0.272 e. The average molecular weight is 477 g/mol. The second-order valence-corrected chi connectivity index (χ2v) is 10.5. The van der Waals surface area contributed by atoms with Crippen LogP contribution in [0.4, 0.5) is 0 Å². The van der Waals surface area contributed by atoms with Crippen molar-refractivity contribution in [2.75, 3.05) is 33.4 Å². The van der Waals surface area contributed by atoms with E-state index in [-0.39, 0.29) is 17.5 Å². The first-order valence-electron chi connectivity index (χ1n) is 12.0. The van der Waals surface area contributed by atoms with Gasteiger partial charge in [0.1, 0.15) is 11.6 Å². The summed E-state index contributed by atoms with van der Waals surface area (Å²) >= 11 is 0. The lowest BCUT2D eigenvalue weighted by molar-refractivity contribution is -0.135. The molecule has 0 spiro atoms. The molecule has 0 bridgehead atoms. The van der Waals surface area contributed by atoms with E-state index in [2.05, 4.69) is 5.20 Å². The Morgan fingerprint density at radius 3 is 2.06 bits per heavy atom. The number of nitrogens with one attached hydrogen (secondary N) is 1. The van der Waals surface area contributed by atoms with Gasteiger partial charge in [-0.15, -0.1) is 0 Å². The number of ketones is 2. The first kappa shape index (κ1) is 29.6. The number of hydrazine groups is 1. The number of carbonyl (C=O) groups excluding carboxylic acids is 2. The van der Waals surface area contributed by atoms with Gasteiger partial charge in [0.15, 0.2) is 6.29 Å². The number of rotatable bonds is 18. The molecule has 1 heterocycles. The van der Waals surface area contributed by atoms with Crippen LogP contribution >= 0.6 is 8.53 Å². The van der Waals surface area contributed by atoms with Crippen LogP contribution in [-0.2, 0) is 23.4 Å². The van der Waals surface area contributed by atoms with Gasteiger partial charge in [0.25, 0.3) is 8.53 Å². The summed E-state index contributed by atoms with van der Waals surface area (Å²) in [6, 6.07) is 0. The molecule has 0 aliphatic carbocycles. The first-order valence-corrected chi connectivity index (χ1v) is 13.2. The third kappa shape index (κ3) is 11.6. The van der Waals surface area contributed by atoms with Crippen LogP contribution in [0.2, 0.25) is 0 Å². The van der Waals surface area contributed by atoms with Gasteiger partial charge in [-0.25, -0.2) is 5.01 Å². The van der Waals surface area contributed by atoms with Gasteiger partial charge >= 0.3 is 0 Å². The minimum Gasteiger partial charge on any atom is -0.379 e. The molecule has 0 aromatic carbocycles. The number of morpholine rings is 1. The lowest BCUT2D eigenvalue weighted by atomic mass is 9.71. The number of hydrogen-bond donors (Lipinski definition) is 2. The van der Waals surface area contributed by atoms with Crippen LogP contribution < -0.4 is 5.20 Å². The van der Waals surface area contributed by atoms with Gasteiger partial charge in [0.2, 0.25) is 0 Å². The summed E-state index contributed by atoms with van der Waals surface area (Å²) in [5, 5.41) is 15.3. The lowest BCUT2D eigenvalue weighted by Crippen LogP contribution is -2.43. The molecular weight excluding hydrogens is 431 g/mol. The first-order chi connectivity index (χ1) is 15.2. The van der Waals surface area contributed by atoms with Gasteiger partial charge in [-0.2, -0.15) is 5.20 Å². The molecule has 32 heavy (non-hydrogen) atoms. The van der Waals surface area contributed by atoms with E-state index in [4.69, 9.17) is 13.8 Å². The number of carbonyl (C=O) groups is 2. The molecule has 0 aromatic rings. The van der Waals surface area contributed by atoms with Gasteiger partial charge in [-0.05, 0) is 33.1 Å². The molecule has 1 saturated heterocycles. The Morgan fingerprint density at radius 1 is 1.03 bits per heavy atom. The Bertz CT molecular complexity index is 543. The van der Waals surface area contributed by atoms with Crippen molar-refractivity contribution in [1.29, 1.82) is 0 Å². The molecule has 0 radical (unpaired) electrons. The van der Waals surface area contributed by atoms with Gasteiger partial charge in [-0.1, -0.05) is 52.4 Å². The molecule has 1 rings (SSSR count). The van der Waals surface area contributed by atoms with Crippen LogP contribution in [0.25, 0.3) is 0 Å². The lowest BCUT2D eigenvalue weighted by Gasteiger charge is -2.30. The summed E-state index contributed by atoms with van der Waals surface area (Å²) in [4.78, 5) is 23.8. The topological polar surface area (TPSA) is 97.3 Å². The second kappa shape index (κ2) is 16.2. The maximum absolute atomic E-state index is 12.0. The highest BCUT2D eigenvalue weighted by Gasteiger charge is 2.36. The van der Waals surface area contributed by atoms with Crippen LogP contribution in [0.3, 0.4) is 0 Å². The predicted molar refractivity (Wildman–Crippen MR) is 127 cm³/mol. The smallest absolute Gasteiger partial charge is 0.272 e. The molecular formula is C23H45N2O6P. The third-order valence-corrected chi connectivity index (χ3v) is 7.54. The van der Waals surface area contributed by atoms with Crippen LogP contribution in [0.1, 0.15) is 85.5 Å². The fourth-order valence-corrected chi connectivity index (χ4v) is 4.89. The zero-order valence-electron chi connectivity index (χ0n) is 20.7. The Morgan fingerprint density at radius 2 is 1.56 bits per heavy atom. The summed E-state index contributed by atoms with van der Waals surface area (Å²) in [7, 11) is 0.222. The Labute approximate surface area is 195 Å². The van der Waals surface area contributed by atoms with E-state index in [0.717, 1.165) is 64.5 Å². The average Bonchev–Trinajstić information content (AvgIpc) is 2.74. The highest BCUT2D eigenvalue weighted by molar-refractivity contribution is 7.44. The molecule has 2 N–H and O–H groups in total. The molecule has 9 heteroatoms. The summed E-state index contributed by atoms with van der Waals surface area (Å²) in [5.41, 5.74) is -0.574. The summed E-state index contributed by atoms with van der Waals surface area (Å²) < 4.78 is 16.2. The summed E-state index contributed by atoms with van der Waals surface area (Å²) in [6.45, 7) is 9.84. The van der Waals surface area contributed by atoms with Gasteiger partial charge in [0, 0.05) is 31.5 Å². The van der Waals surface area contributed by atoms with Crippen LogP contribution in [0, 0.1) is 11.3 Å². The number of aliphatic hydroxyl groups is 1. The van der Waals surface area contributed by atoms with E-state index in [0.29, 0.717) is 19.6 Å². The van der Waals surface area contributed by atoms with E-state index in [1.807, 2.05) is 18.9 Å². The van der Waals surface area contributed by atoms with E-state index in [1.54, 1.807) is 21.0 Å². The molecule has 3 unspecified atom stereocenters. The van der Waals surface area contributed by atoms with Crippen molar-refractivity contribution in [3.05, 3.63) is 0 Å². The fourth-order valence-electron chi connectivity index (χ4n) is 3.92. The highest BCUT2D eigenvalue weighted by atomic mass is 31.2. The predicted octanol–water partition coefficient (Wildman–Crippen LogP) is 4.36. The number of hydrogen-bond acceptors (Lipinski definition) is 8. The Kier molecular flexibility index (Phi) is 15.0. The number of Topliss-reactive ketones (excluding diaryl/α,β-unsaturated/α-hetero) is 2. The number of unbranched alkanes of at least 4 members (excludes halogenated alkanes) is 6. The summed E-state index contributed by atoms with van der Waals surface area (Å²) in [6.07, 6.45) is 7.94. The SMILES string of the molecule is COP(NN1CCOCC1)OC(O)CCCCCCCCCC(C(C)=O)C(C)(C)C(C)=O. The van der Waals surface area contributed by atoms with E-state index < -0.39 is 20.2 Å². The molecule has 0 aromatic heterocycles. The van der Waals surface area contributed by atoms with Crippen LogP contribution in [0.5, 0.6) is 0 Å². The largest absolute Gasteiger partial charge is 0.379 e. The molecule has 1 aliphatic heterocycles. The zero-order chi connectivity index (χ0) is 24.0.